The van der Waals surface area contributed by atoms with Crippen LogP contribution in [-0.4, -0.2) is 30.2 Å². The fourth-order valence-electron chi connectivity index (χ4n) is 4.08. The minimum absolute atomic E-state index is 0.0422. The number of nitrogens with zero attached hydrogens (tertiary/aromatic N) is 5. The lowest BCUT2D eigenvalue weighted by Crippen LogP contribution is -2.39. The summed E-state index contributed by atoms with van der Waals surface area (Å²) in [7, 11) is 3.22. The highest BCUT2D eigenvalue weighted by Crippen LogP contribution is 2.19. The Hall–Kier alpha value is -4.14. The number of methoxy groups -OCH3 is 1. The Morgan fingerprint density at radius 1 is 0.939 bits per heavy atom. The molecular formula is C24H22FN5O3. The van der Waals surface area contributed by atoms with E-state index >= 15 is 0 Å². The van der Waals surface area contributed by atoms with Crippen molar-refractivity contribution in [2.45, 2.75) is 20.0 Å². The largest absolute Gasteiger partial charge is 0.497 e. The molecule has 0 spiro atoms. The van der Waals surface area contributed by atoms with Gasteiger partial charge in [0.25, 0.3) is 5.56 Å². The molecule has 0 aliphatic rings. The number of benzene rings is 2. The first-order chi connectivity index (χ1) is 15.9. The first-order valence-corrected chi connectivity index (χ1v) is 10.4. The van der Waals surface area contributed by atoms with E-state index in [2.05, 4.69) is 4.98 Å². The average Bonchev–Trinajstić information content (AvgIpc) is 3.33. The number of ether oxygens (including phenoxy) is 1. The summed E-state index contributed by atoms with van der Waals surface area (Å²) < 4.78 is 24.8. The Bertz CT molecular complexity index is 1610. The van der Waals surface area contributed by atoms with Gasteiger partial charge >= 0.3 is 5.69 Å². The monoisotopic (exact) mass is 447 g/mol. The van der Waals surface area contributed by atoms with Crippen molar-refractivity contribution in [1.82, 2.24) is 23.1 Å². The molecule has 0 saturated carbocycles. The maximum Gasteiger partial charge on any atom is 0.332 e. The van der Waals surface area contributed by atoms with Gasteiger partial charge in [0.05, 0.1) is 20.2 Å². The summed E-state index contributed by atoms with van der Waals surface area (Å²) in [6.45, 7) is 2.54. The molecule has 0 saturated heterocycles. The molecule has 0 fully saturated rings. The number of aromatic nitrogens is 5. The van der Waals surface area contributed by atoms with Crippen LogP contribution >= 0.6 is 0 Å². The zero-order valence-electron chi connectivity index (χ0n) is 18.4. The Labute approximate surface area is 187 Å². The van der Waals surface area contributed by atoms with E-state index in [0.29, 0.717) is 29.0 Å². The fourth-order valence-corrected chi connectivity index (χ4v) is 4.08. The van der Waals surface area contributed by atoms with Gasteiger partial charge in [-0.15, -0.1) is 0 Å². The van der Waals surface area contributed by atoms with Crippen molar-refractivity contribution in [3.8, 4) is 5.75 Å². The molecule has 0 aliphatic carbocycles. The topological polar surface area (TPSA) is 75.5 Å². The van der Waals surface area contributed by atoms with Crippen LogP contribution in [0.3, 0.4) is 0 Å². The van der Waals surface area contributed by atoms with Crippen LogP contribution in [0.2, 0.25) is 0 Å². The lowest BCUT2D eigenvalue weighted by atomic mass is 10.2. The van der Waals surface area contributed by atoms with Crippen LogP contribution in [0.4, 0.5) is 4.39 Å². The molecule has 2 aromatic carbocycles. The maximum atomic E-state index is 13.4. The zero-order chi connectivity index (χ0) is 23.3. The van der Waals surface area contributed by atoms with Crippen LogP contribution in [-0.2, 0) is 20.1 Å². The first-order valence-electron chi connectivity index (χ1n) is 10.4. The highest BCUT2D eigenvalue weighted by Gasteiger charge is 2.20. The van der Waals surface area contributed by atoms with E-state index < -0.39 is 11.2 Å². The van der Waals surface area contributed by atoms with E-state index in [1.165, 1.54) is 16.7 Å². The minimum Gasteiger partial charge on any atom is -0.497 e. The van der Waals surface area contributed by atoms with Crippen LogP contribution < -0.4 is 16.0 Å². The number of aryl methyl sites for hydroxylation is 2. The van der Waals surface area contributed by atoms with E-state index in [1.54, 1.807) is 30.7 Å². The second-order valence-electron chi connectivity index (χ2n) is 8.02. The minimum atomic E-state index is -0.476. The average molecular weight is 447 g/mol. The molecular weight excluding hydrogens is 425 g/mol. The molecule has 5 rings (SSSR count). The molecule has 33 heavy (non-hydrogen) atoms. The molecule has 0 N–H and O–H groups in total. The molecule has 5 aromatic rings. The van der Waals surface area contributed by atoms with E-state index in [-0.39, 0.29) is 12.4 Å². The number of fused-ring (bicyclic) bond motifs is 3. The van der Waals surface area contributed by atoms with Gasteiger partial charge in [0.2, 0.25) is 5.78 Å². The lowest BCUT2D eigenvalue weighted by molar-refractivity contribution is 0.414. The molecule has 0 radical (unpaired) electrons. The summed E-state index contributed by atoms with van der Waals surface area (Å²) in [5.41, 5.74) is 2.36. The van der Waals surface area contributed by atoms with Gasteiger partial charge in [-0.25, -0.2) is 9.18 Å². The fraction of sp³-hybridized carbons (Fsp3) is 0.208. The van der Waals surface area contributed by atoms with Crippen molar-refractivity contribution in [3.63, 3.8) is 0 Å². The second-order valence-corrected chi connectivity index (χ2v) is 8.02. The van der Waals surface area contributed by atoms with Crippen molar-refractivity contribution in [1.29, 1.82) is 0 Å². The third-order valence-electron chi connectivity index (χ3n) is 5.89. The quantitative estimate of drug-likeness (QED) is 0.415. The number of hydrogen-bond acceptors (Lipinski definition) is 4. The Morgan fingerprint density at radius 3 is 2.18 bits per heavy atom. The highest BCUT2D eigenvalue weighted by atomic mass is 19.1. The smallest absolute Gasteiger partial charge is 0.332 e. The number of halogens is 1. The van der Waals surface area contributed by atoms with Gasteiger partial charge in [-0.3, -0.25) is 18.3 Å². The van der Waals surface area contributed by atoms with Gasteiger partial charge in [0.15, 0.2) is 11.2 Å². The van der Waals surface area contributed by atoms with Crippen molar-refractivity contribution in [2.24, 2.45) is 7.05 Å². The van der Waals surface area contributed by atoms with Crippen LogP contribution in [0.1, 0.15) is 16.8 Å². The van der Waals surface area contributed by atoms with Crippen LogP contribution in [0.15, 0.2) is 64.3 Å². The molecule has 0 atom stereocenters. The summed E-state index contributed by atoms with van der Waals surface area (Å²) in [5, 5.41) is 0. The first kappa shape index (κ1) is 20.7. The second kappa shape index (κ2) is 7.77. The summed E-state index contributed by atoms with van der Waals surface area (Å²) >= 11 is 0. The normalized spacial score (nSPS) is 11.5. The molecule has 0 amide bonds. The number of hydrogen-bond donors (Lipinski definition) is 0. The summed E-state index contributed by atoms with van der Waals surface area (Å²) in [5.74, 6) is 0.974. The summed E-state index contributed by atoms with van der Waals surface area (Å²) in [6, 6.07) is 13.5. The predicted molar refractivity (Wildman–Crippen MR) is 123 cm³/mol. The Morgan fingerprint density at radius 2 is 1.55 bits per heavy atom. The van der Waals surface area contributed by atoms with Gasteiger partial charge in [-0.05, 0) is 42.3 Å². The predicted octanol–water partition coefficient (Wildman–Crippen LogP) is 2.70. The highest BCUT2D eigenvalue weighted by molar-refractivity contribution is 5.75. The molecule has 3 heterocycles. The van der Waals surface area contributed by atoms with Gasteiger partial charge in [-0.1, -0.05) is 24.3 Å². The third kappa shape index (κ3) is 3.42. The standard InChI is InChI=1S/C24H22FN5O3/c1-15-12-29-20-21(26-23(29)28(15)13-17-6-10-19(33-3)11-7-17)27(2)24(32)30(22(20)31)14-16-4-8-18(25)9-5-16/h4-12H,13-14H2,1-3H3. The van der Waals surface area contributed by atoms with Crippen molar-refractivity contribution >= 4 is 16.9 Å². The Balaban J connectivity index is 1.66. The van der Waals surface area contributed by atoms with Gasteiger partial charge in [0, 0.05) is 18.9 Å². The maximum absolute atomic E-state index is 13.4. The molecule has 0 unspecified atom stereocenters. The molecule has 9 heteroatoms. The molecule has 8 nitrogen and oxygen atoms in total. The van der Waals surface area contributed by atoms with E-state index in [4.69, 9.17) is 4.74 Å². The lowest BCUT2D eigenvalue weighted by Gasteiger charge is -2.08. The van der Waals surface area contributed by atoms with Crippen molar-refractivity contribution in [2.75, 3.05) is 7.11 Å². The molecule has 0 bridgehead atoms. The molecule has 168 valence electrons. The van der Waals surface area contributed by atoms with Crippen LogP contribution in [0.25, 0.3) is 16.9 Å². The zero-order valence-corrected chi connectivity index (χ0v) is 18.4. The SMILES string of the molecule is COc1ccc(Cn2c(C)cn3c4c(=O)n(Cc5ccc(F)cc5)c(=O)n(C)c4nc23)cc1. The van der Waals surface area contributed by atoms with E-state index in [0.717, 1.165) is 21.6 Å². The van der Waals surface area contributed by atoms with E-state index in [9.17, 15) is 14.0 Å². The van der Waals surface area contributed by atoms with Gasteiger partial charge in [-0.2, -0.15) is 4.98 Å². The number of rotatable bonds is 5. The molecule has 0 aliphatic heterocycles. The van der Waals surface area contributed by atoms with Crippen LogP contribution in [0, 0.1) is 12.7 Å². The third-order valence-corrected chi connectivity index (χ3v) is 5.89. The van der Waals surface area contributed by atoms with Gasteiger partial charge in [0.1, 0.15) is 11.6 Å². The van der Waals surface area contributed by atoms with Crippen molar-refractivity contribution in [3.05, 3.63) is 98.2 Å². The summed E-state index contributed by atoms with van der Waals surface area (Å²) in [6.07, 6.45) is 1.85. The molecule has 3 aromatic heterocycles. The van der Waals surface area contributed by atoms with Crippen molar-refractivity contribution < 1.29 is 9.13 Å². The van der Waals surface area contributed by atoms with Gasteiger partial charge < -0.3 is 9.30 Å². The van der Waals surface area contributed by atoms with E-state index in [1.807, 2.05) is 42.0 Å². The summed E-state index contributed by atoms with van der Waals surface area (Å²) in [4.78, 5) is 31.0. The van der Waals surface area contributed by atoms with Crippen LogP contribution in [0.5, 0.6) is 5.75 Å². The Kier molecular flexibility index (Phi) is 4.88. The number of imidazole rings is 2.